The van der Waals surface area contributed by atoms with Gasteiger partial charge in [0.2, 0.25) is 0 Å². The Bertz CT molecular complexity index is 437. The lowest BCUT2D eigenvalue weighted by Gasteiger charge is -2.30. The summed E-state index contributed by atoms with van der Waals surface area (Å²) in [6, 6.07) is 7.73. The first-order chi connectivity index (χ1) is 10.2. The minimum absolute atomic E-state index is 0.559. The van der Waals surface area contributed by atoms with Crippen LogP contribution in [0.3, 0.4) is 0 Å². The molecular formula is C20H33N. The van der Waals surface area contributed by atoms with Crippen LogP contribution in [0.5, 0.6) is 0 Å². The SMILES string of the molecule is CCCNC(c1cc(CC)ccc1CC)C1CCCC1C. The van der Waals surface area contributed by atoms with Crippen molar-refractivity contribution >= 4 is 0 Å². The van der Waals surface area contributed by atoms with Gasteiger partial charge in [-0.2, -0.15) is 0 Å². The van der Waals surface area contributed by atoms with Gasteiger partial charge < -0.3 is 5.32 Å². The normalized spacial score (nSPS) is 23.4. The van der Waals surface area contributed by atoms with Crippen LogP contribution in [0, 0.1) is 11.8 Å². The minimum atomic E-state index is 0.559. The van der Waals surface area contributed by atoms with E-state index >= 15 is 0 Å². The smallest absolute Gasteiger partial charge is 0.0354 e. The van der Waals surface area contributed by atoms with Crippen molar-refractivity contribution in [2.24, 2.45) is 11.8 Å². The molecule has 0 saturated heterocycles. The van der Waals surface area contributed by atoms with E-state index in [2.05, 4.69) is 51.2 Å². The highest BCUT2D eigenvalue weighted by molar-refractivity contribution is 5.35. The van der Waals surface area contributed by atoms with Crippen LogP contribution in [0.25, 0.3) is 0 Å². The molecule has 0 aliphatic heterocycles. The molecule has 0 aromatic heterocycles. The Morgan fingerprint density at radius 2 is 1.95 bits per heavy atom. The molecule has 0 spiro atoms. The van der Waals surface area contributed by atoms with E-state index < -0.39 is 0 Å². The molecular weight excluding hydrogens is 254 g/mol. The summed E-state index contributed by atoms with van der Waals surface area (Å²) >= 11 is 0. The molecule has 1 N–H and O–H groups in total. The minimum Gasteiger partial charge on any atom is -0.310 e. The molecule has 1 aliphatic rings. The molecule has 0 heterocycles. The molecule has 0 radical (unpaired) electrons. The van der Waals surface area contributed by atoms with Crippen molar-refractivity contribution in [1.82, 2.24) is 5.32 Å². The van der Waals surface area contributed by atoms with Gasteiger partial charge in [-0.1, -0.05) is 58.7 Å². The van der Waals surface area contributed by atoms with Gasteiger partial charge in [-0.3, -0.25) is 0 Å². The second kappa shape index (κ2) is 7.98. The second-order valence-electron chi connectivity index (χ2n) is 6.74. The maximum atomic E-state index is 3.88. The highest BCUT2D eigenvalue weighted by atomic mass is 14.9. The molecule has 1 fully saturated rings. The van der Waals surface area contributed by atoms with Crippen LogP contribution in [0.4, 0.5) is 0 Å². The fraction of sp³-hybridized carbons (Fsp3) is 0.700. The number of rotatable bonds is 7. The molecule has 21 heavy (non-hydrogen) atoms. The average molecular weight is 287 g/mol. The number of benzene rings is 1. The Morgan fingerprint density at radius 1 is 1.14 bits per heavy atom. The Kier molecular flexibility index (Phi) is 6.29. The van der Waals surface area contributed by atoms with Gasteiger partial charge in [-0.15, -0.1) is 0 Å². The summed E-state index contributed by atoms with van der Waals surface area (Å²) in [7, 11) is 0. The zero-order valence-corrected chi connectivity index (χ0v) is 14.4. The summed E-state index contributed by atoms with van der Waals surface area (Å²) in [5.41, 5.74) is 4.61. The molecule has 1 aromatic carbocycles. The second-order valence-corrected chi connectivity index (χ2v) is 6.74. The Labute approximate surface area is 131 Å². The molecule has 1 heteroatoms. The highest BCUT2D eigenvalue weighted by Gasteiger charge is 2.32. The van der Waals surface area contributed by atoms with E-state index in [-0.39, 0.29) is 0 Å². The first kappa shape index (κ1) is 16.5. The van der Waals surface area contributed by atoms with Gasteiger partial charge in [0.05, 0.1) is 0 Å². The molecule has 0 bridgehead atoms. The predicted octanol–water partition coefficient (Wildman–Crippen LogP) is 5.29. The summed E-state index contributed by atoms with van der Waals surface area (Å²) in [6.07, 6.45) is 7.70. The lowest BCUT2D eigenvalue weighted by atomic mass is 9.82. The lowest BCUT2D eigenvalue weighted by molar-refractivity contribution is 0.301. The monoisotopic (exact) mass is 287 g/mol. The molecule has 1 saturated carbocycles. The van der Waals surface area contributed by atoms with E-state index in [1.54, 1.807) is 11.1 Å². The van der Waals surface area contributed by atoms with Crippen molar-refractivity contribution in [2.75, 3.05) is 6.54 Å². The van der Waals surface area contributed by atoms with E-state index in [9.17, 15) is 0 Å². The quantitative estimate of drug-likeness (QED) is 0.718. The van der Waals surface area contributed by atoms with Crippen molar-refractivity contribution in [1.29, 1.82) is 0 Å². The topological polar surface area (TPSA) is 12.0 Å². The molecule has 3 atom stereocenters. The Morgan fingerprint density at radius 3 is 2.52 bits per heavy atom. The zero-order valence-electron chi connectivity index (χ0n) is 14.4. The molecule has 3 unspecified atom stereocenters. The number of nitrogens with one attached hydrogen (secondary N) is 1. The van der Waals surface area contributed by atoms with Gasteiger partial charge >= 0.3 is 0 Å². The van der Waals surface area contributed by atoms with Gasteiger partial charge in [0.25, 0.3) is 0 Å². The number of hydrogen-bond donors (Lipinski definition) is 1. The predicted molar refractivity (Wildman–Crippen MR) is 92.7 cm³/mol. The largest absolute Gasteiger partial charge is 0.310 e. The third-order valence-electron chi connectivity index (χ3n) is 5.30. The van der Waals surface area contributed by atoms with Crippen molar-refractivity contribution in [3.63, 3.8) is 0 Å². The van der Waals surface area contributed by atoms with E-state index in [4.69, 9.17) is 0 Å². The average Bonchev–Trinajstić information content (AvgIpc) is 2.93. The Balaban J connectivity index is 2.34. The fourth-order valence-corrected chi connectivity index (χ4v) is 3.94. The van der Waals surface area contributed by atoms with Crippen LogP contribution in [-0.2, 0) is 12.8 Å². The van der Waals surface area contributed by atoms with Crippen molar-refractivity contribution in [3.05, 3.63) is 34.9 Å². The van der Waals surface area contributed by atoms with Crippen molar-refractivity contribution in [3.8, 4) is 0 Å². The van der Waals surface area contributed by atoms with Gasteiger partial charge in [-0.05, 0) is 60.8 Å². The van der Waals surface area contributed by atoms with Gasteiger partial charge in [-0.25, -0.2) is 0 Å². The van der Waals surface area contributed by atoms with E-state index in [0.717, 1.165) is 31.2 Å². The van der Waals surface area contributed by atoms with E-state index in [1.807, 2.05) is 0 Å². The summed E-state index contributed by atoms with van der Waals surface area (Å²) < 4.78 is 0. The third kappa shape index (κ3) is 3.88. The standard InChI is InChI=1S/C20H33N/c1-5-13-21-20(18-10-8-9-15(18)4)19-14-16(6-2)11-12-17(19)7-3/h11-12,14-15,18,20-21H,5-10,13H2,1-4H3. The van der Waals surface area contributed by atoms with Crippen LogP contribution in [0.2, 0.25) is 0 Å². The lowest BCUT2D eigenvalue weighted by Crippen LogP contribution is -2.31. The van der Waals surface area contributed by atoms with Crippen LogP contribution in [-0.4, -0.2) is 6.54 Å². The van der Waals surface area contributed by atoms with Crippen LogP contribution in [0.15, 0.2) is 18.2 Å². The maximum Gasteiger partial charge on any atom is 0.0354 e. The van der Waals surface area contributed by atoms with Crippen molar-refractivity contribution in [2.45, 2.75) is 72.3 Å². The molecule has 1 aliphatic carbocycles. The molecule has 1 nitrogen and oxygen atoms in total. The number of aryl methyl sites for hydroxylation is 2. The molecule has 118 valence electrons. The highest BCUT2D eigenvalue weighted by Crippen LogP contribution is 2.41. The van der Waals surface area contributed by atoms with Crippen LogP contribution >= 0.6 is 0 Å². The summed E-state index contributed by atoms with van der Waals surface area (Å²) in [5, 5.41) is 3.88. The van der Waals surface area contributed by atoms with Crippen LogP contribution in [0.1, 0.15) is 76.1 Å². The summed E-state index contributed by atoms with van der Waals surface area (Å²) in [5.74, 6) is 1.67. The maximum absolute atomic E-state index is 3.88. The van der Waals surface area contributed by atoms with Crippen molar-refractivity contribution < 1.29 is 0 Å². The fourth-order valence-electron chi connectivity index (χ4n) is 3.94. The Hall–Kier alpha value is -0.820. The van der Waals surface area contributed by atoms with Crippen LogP contribution < -0.4 is 5.32 Å². The zero-order chi connectivity index (χ0) is 15.2. The van der Waals surface area contributed by atoms with E-state index in [1.165, 1.54) is 31.2 Å². The van der Waals surface area contributed by atoms with Gasteiger partial charge in [0, 0.05) is 6.04 Å². The third-order valence-corrected chi connectivity index (χ3v) is 5.30. The first-order valence-corrected chi connectivity index (χ1v) is 9.06. The van der Waals surface area contributed by atoms with E-state index in [0.29, 0.717) is 6.04 Å². The van der Waals surface area contributed by atoms with Gasteiger partial charge in [0.1, 0.15) is 0 Å². The first-order valence-electron chi connectivity index (χ1n) is 9.06. The summed E-state index contributed by atoms with van der Waals surface area (Å²) in [4.78, 5) is 0. The van der Waals surface area contributed by atoms with Gasteiger partial charge in [0.15, 0.2) is 0 Å². The molecule has 2 rings (SSSR count). The molecule has 1 aromatic rings. The molecule has 0 amide bonds. The number of hydrogen-bond acceptors (Lipinski definition) is 1. The summed E-state index contributed by atoms with van der Waals surface area (Å²) in [6.45, 7) is 10.4.